The minimum absolute atomic E-state index is 0.233. The van der Waals surface area contributed by atoms with Crippen molar-refractivity contribution >= 4 is 11.2 Å². The van der Waals surface area contributed by atoms with Gasteiger partial charge >= 0.3 is 5.69 Å². The van der Waals surface area contributed by atoms with E-state index in [9.17, 15) is 9.59 Å². The van der Waals surface area contributed by atoms with Gasteiger partial charge < -0.3 is 5.84 Å². The number of hydrogen-bond acceptors (Lipinski definition) is 4. The first-order valence-electron chi connectivity index (χ1n) is 4.35. The van der Waals surface area contributed by atoms with Gasteiger partial charge in [-0.15, -0.1) is 0 Å². The van der Waals surface area contributed by atoms with Crippen molar-refractivity contribution in [2.24, 2.45) is 14.1 Å². The summed E-state index contributed by atoms with van der Waals surface area (Å²) >= 11 is 0. The molecule has 0 saturated carbocycles. The standard InChI is InChI=1S/C8H11N5O2/c1-4-10-6-5(13(4)9)7(14)12(3)8(15)11(6)2/h9H2,1-3H3. The van der Waals surface area contributed by atoms with E-state index in [2.05, 4.69) is 4.98 Å². The van der Waals surface area contributed by atoms with E-state index < -0.39 is 11.2 Å². The third-order valence-electron chi connectivity index (χ3n) is 2.47. The molecule has 2 aromatic heterocycles. The van der Waals surface area contributed by atoms with Crippen molar-refractivity contribution in [2.75, 3.05) is 5.84 Å². The summed E-state index contributed by atoms with van der Waals surface area (Å²) in [5.74, 6) is 6.14. The lowest BCUT2D eigenvalue weighted by atomic mass is 10.5. The molecule has 0 unspecified atom stereocenters. The molecule has 0 fully saturated rings. The maximum Gasteiger partial charge on any atom is 0.332 e. The molecule has 0 saturated heterocycles. The zero-order valence-electron chi connectivity index (χ0n) is 8.68. The molecule has 80 valence electrons. The lowest BCUT2D eigenvalue weighted by Crippen LogP contribution is -2.38. The summed E-state index contributed by atoms with van der Waals surface area (Å²) in [5, 5.41) is 0. The van der Waals surface area contributed by atoms with Crippen LogP contribution in [-0.4, -0.2) is 18.8 Å². The van der Waals surface area contributed by atoms with E-state index in [0.717, 1.165) is 4.57 Å². The van der Waals surface area contributed by atoms with Crippen LogP contribution in [0, 0.1) is 6.92 Å². The van der Waals surface area contributed by atoms with Crippen LogP contribution in [-0.2, 0) is 14.1 Å². The van der Waals surface area contributed by atoms with Crippen LogP contribution < -0.4 is 17.1 Å². The first-order valence-corrected chi connectivity index (χ1v) is 4.35. The SMILES string of the molecule is Cc1nc2c(c(=O)n(C)c(=O)n2C)n1N. The second-order valence-corrected chi connectivity index (χ2v) is 3.41. The molecule has 0 amide bonds. The van der Waals surface area contributed by atoms with Gasteiger partial charge in [0.25, 0.3) is 5.56 Å². The number of nitrogens with zero attached hydrogens (tertiary/aromatic N) is 4. The number of fused-ring (bicyclic) bond motifs is 1. The molecular weight excluding hydrogens is 198 g/mol. The second-order valence-electron chi connectivity index (χ2n) is 3.41. The Balaban J connectivity index is 3.23. The molecule has 0 spiro atoms. The Kier molecular flexibility index (Phi) is 1.72. The van der Waals surface area contributed by atoms with Gasteiger partial charge in [-0.25, -0.2) is 14.5 Å². The van der Waals surface area contributed by atoms with Gasteiger partial charge in [-0.05, 0) is 6.92 Å². The summed E-state index contributed by atoms with van der Waals surface area (Å²) in [7, 11) is 2.96. The Morgan fingerprint density at radius 3 is 2.40 bits per heavy atom. The van der Waals surface area contributed by atoms with Gasteiger partial charge in [-0.2, -0.15) is 0 Å². The van der Waals surface area contributed by atoms with Crippen molar-refractivity contribution in [3.05, 3.63) is 26.7 Å². The Hall–Kier alpha value is -2.05. The molecule has 0 aromatic carbocycles. The number of aryl methyl sites for hydroxylation is 2. The molecule has 0 aliphatic rings. The third kappa shape index (κ3) is 1.03. The molecular formula is C8H11N5O2. The minimum atomic E-state index is -0.434. The van der Waals surface area contributed by atoms with Crippen LogP contribution in [0.2, 0.25) is 0 Å². The van der Waals surface area contributed by atoms with E-state index in [1.807, 2.05) is 0 Å². The van der Waals surface area contributed by atoms with Crippen molar-refractivity contribution in [1.29, 1.82) is 0 Å². The average Bonchev–Trinajstić information content (AvgIpc) is 2.50. The van der Waals surface area contributed by atoms with Crippen LogP contribution >= 0.6 is 0 Å². The topological polar surface area (TPSA) is 87.8 Å². The lowest BCUT2D eigenvalue weighted by Gasteiger charge is -2.02. The van der Waals surface area contributed by atoms with Gasteiger partial charge in [0.05, 0.1) is 0 Å². The van der Waals surface area contributed by atoms with E-state index in [-0.39, 0.29) is 5.52 Å². The highest BCUT2D eigenvalue weighted by Crippen LogP contribution is 2.05. The predicted octanol–water partition coefficient (Wildman–Crippen LogP) is -1.54. The fraction of sp³-hybridized carbons (Fsp3) is 0.375. The second kappa shape index (κ2) is 2.72. The third-order valence-corrected chi connectivity index (χ3v) is 2.47. The normalized spacial score (nSPS) is 11.1. The maximum atomic E-state index is 11.7. The average molecular weight is 209 g/mol. The zero-order chi connectivity index (χ0) is 11.3. The summed E-state index contributed by atoms with van der Waals surface area (Å²) < 4.78 is 3.50. The largest absolute Gasteiger partial charge is 0.337 e. The van der Waals surface area contributed by atoms with Gasteiger partial charge in [0.15, 0.2) is 11.2 Å². The van der Waals surface area contributed by atoms with E-state index in [0.29, 0.717) is 11.5 Å². The first-order chi connectivity index (χ1) is 6.95. The van der Waals surface area contributed by atoms with Gasteiger partial charge in [0, 0.05) is 14.1 Å². The summed E-state index contributed by atoms with van der Waals surface area (Å²) in [6.45, 7) is 1.67. The summed E-state index contributed by atoms with van der Waals surface area (Å²) in [6, 6.07) is 0. The van der Waals surface area contributed by atoms with Crippen LogP contribution in [0.1, 0.15) is 5.82 Å². The predicted molar refractivity (Wildman–Crippen MR) is 55.1 cm³/mol. The summed E-state index contributed by atoms with van der Waals surface area (Å²) in [6.07, 6.45) is 0. The molecule has 0 atom stereocenters. The maximum absolute atomic E-state index is 11.7. The Bertz CT molecular complexity index is 660. The number of rotatable bonds is 0. The van der Waals surface area contributed by atoms with Crippen molar-refractivity contribution in [1.82, 2.24) is 18.8 Å². The lowest BCUT2D eigenvalue weighted by molar-refractivity contribution is 0.707. The first kappa shape index (κ1) is 9.50. The number of nitrogens with two attached hydrogens (primary N) is 1. The van der Waals surface area contributed by atoms with Crippen molar-refractivity contribution < 1.29 is 0 Å². The molecule has 0 aliphatic heterocycles. The van der Waals surface area contributed by atoms with Gasteiger partial charge in [-0.1, -0.05) is 0 Å². The number of hydrogen-bond donors (Lipinski definition) is 1. The molecule has 2 N–H and O–H groups in total. The minimum Gasteiger partial charge on any atom is -0.337 e. The molecule has 0 aliphatic carbocycles. The Morgan fingerprint density at radius 2 is 1.80 bits per heavy atom. The molecule has 0 bridgehead atoms. The van der Waals surface area contributed by atoms with Gasteiger partial charge in [0.1, 0.15) is 5.82 Å². The van der Waals surface area contributed by atoms with E-state index in [1.54, 1.807) is 14.0 Å². The Labute approximate surface area is 84.3 Å². The molecule has 2 heterocycles. The van der Waals surface area contributed by atoms with Crippen LogP contribution in [0.25, 0.3) is 11.2 Å². The highest BCUT2D eigenvalue weighted by atomic mass is 16.2. The van der Waals surface area contributed by atoms with Crippen LogP contribution in [0.4, 0.5) is 0 Å². The zero-order valence-corrected chi connectivity index (χ0v) is 8.68. The van der Waals surface area contributed by atoms with Gasteiger partial charge in [-0.3, -0.25) is 13.9 Å². The van der Waals surface area contributed by atoms with Gasteiger partial charge in [0.2, 0.25) is 0 Å². The molecule has 0 radical (unpaired) electrons. The van der Waals surface area contributed by atoms with E-state index >= 15 is 0 Å². The van der Waals surface area contributed by atoms with Crippen LogP contribution in [0.3, 0.4) is 0 Å². The fourth-order valence-corrected chi connectivity index (χ4v) is 1.52. The van der Waals surface area contributed by atoms with Crippen LogP contribution in [0.5, 0.6) is 0 Å². The quantitative estimate of drug-likeness (QED) is 0.532. The Morgan fingerprint density at radius 1 is 1.20 bits per heavy atom. The molecule has 7 nitrogen and oxygen atoms in total. The summed E-state index contributed by atoms with van der Waals surface area (Å²) in [4.78, 5) is 27.4. The highest BCUT2D eigenvalue weighted by molar-refractivity contribution is 5.70. The molecule has 2 rings (SSSR count). The van der Waals surface area contributed by atoms with Crippen molar-refractivity contribution in [3.8, 4) is 0 Å². The van der Waals surface area contributed by atoms with Crippen molar-refractivity contribution in [3.63, 3.8) is 0 Å². The monoisotopic (exact) mass is 209 g/mol. The van der Waals surface area contributed by atoms with Crippen molar-refractivity contribution in [2.45, 2.75) is 6.92 Å². The molecule has 15 heavy (non-hydrogen) atoms. The van der Waals surface area contributed by atoms with E-state index in [1.165, 1.54) is 16.3 Å². The fourth-order valence-electron chi connectivity index (χ4n) is 1.52. The van der Waals surface area contributed by atoms with E-state index in [4.69, 9.17) is 5.84 Å². The smallest absolute Gasteiger partial charge is 0.332 e. The van der Waals surface area contributed by atoms with Crippen LogP contribution in [0.15, 0.2) is 9.59 Å². The molecule has 7 heteroatoms. The number of aromatic nitrogens is 4. The molecule has 2 aromatic rings. The highest BCUT2D eigenvalue weighted by Gasteiger charge is 2.14. The number of imidazole rings is 1. The number of nitrogen functional groups attached to an aromatic ring is 1. The summed E-state index contributed by atoms with van der Waals surface area (Å²) in [5.41, 5.74) is -0.304.